The molecule has 2 heterocycles. The molecule has 23 heavy (non-hydrogen) atoms. The normalized spacial score (nSPS) is 11.7. The molecule has 0 fully saturated rings. The average Bonchev–Trinajstić information content (AvgIpc) is 3.07. The van der Waals surface area contributed by atoms with E-state index in [0.717, 1.165) is 0 Å². The van der Waals surface area contributed by atoms with Gasteiger partial charge in [0.25, 0.3) is 0 Å². The zero-order valence-electron chi connectivity index (χ0n) is 12.2. The maximum atomic E-state index is 13.2. The molecule has 0 aliphatic carbocycles. The van der Waals surface area contributed by atoms with E-state index >= 15 is 0 Å². The molecular formula is C14H13FN4O3S. The lowest BCUT2D eigenvalue weighted by Gasteiger charge is -2.01. The third-order valence-corrected chi connectivity index (χ3v) is 4.42. The summed E-state index contributed by atoms with van der Waals surface area (Å²) in [7, 11) is -3.50. The molecule has 0 unspecified atom stereocenters. The van der Waals surface area contributed by atoms with E-state index in [1.807, 2.05) is 0 Å². The van der Waals surface area contributed by atoms with E-state index < -0.39 is 9.84 Å². The Hall–Kier alpha value is -2.55. The van der Waals surface area contributed by atoms with Gasteiger partial charge in [0.15, 0.2) is 15.7 Å². The Balaban J connectivity index is 1.75. The molecule has 7 nitrogen and oxygen atoms in total. The van der Waals surface area contributed by atoms with E-state index in [1.165, 1.54) is 16.8 Å². The quantitative estimate of drug-likeness (QED) is 0.706. The van der Waals surface area contributed by atoms with Crippen molar-refractivity contribution >= 4 is 9.84 Å². The van der Waals surface area contributed by atoms with Gasteiger partial charge in [-0.15, -0.1) is 0 Å². The van der Waals surface area contributed by atoms with Gasteiger partial charge in [-0.2, -0.15) is 10.1 Å². The largest absolute Gasteiger partial charge is 0.338 e. The molecule has 0 spiro atoms. The van der Waals surface area contributed by atoms with Crippen LogP contribution in [-0.4, -0.2) is 28.3 Å². The lowest BCUT2D eigenvalue weighted by molar-refractivity contribution is 0.384. The molecule has 0 aliphatic rings. The lowest BCUT2D eigenvalue weighted by atomic mass is 10.3. The molecule has 0 atom stereocenters. The van der Waals surface area contributed by atoms with Gasteiger partial charge in [-0.25, -0.2) is 17.5 Å². The van der Waals surface area contributed by atoms with Crippen molar-refractivity contribution < 1.29 is 17.3 Å². The predicted molar refractivity (Wildman–Crippen MR) is 78.9 cm³/mol. The number of aryl methyl sites for hydroxylation is 1. The van der Waals surface area contributed by atoms with E-state index in [9.17, 15) is 12.8 Å². The second kappa shape index (κ2) is 5.92. The van der Waals surface area contributed by atoms with Gasteiger partial charge >= 0.3 is 0 Å². The number of nitrogens with zero attached hydrogens (tertiary/aromatic N) is 4. The fourth-order valence-corrected chi connectivity index (χ4v) is 3.26. The van der Waals surface area contributed by atoms with Crippen LogP contribution >= 0.6 is 0 Å². The number of hydrogen-bond donors (Lipinski definition) is 0. The zero-order chi connectivity index (χ0) is 16.4. The molecule has 3 rings (SSSR count). The van der Waals surface area contributed by atoms with Crippen LogP contribution in [0.2, 0.25) is 0 Å². The van der Waals surface area contributed by atoms with Crippen molar-refractivity contribution in [2.24, 2.45) is 0 Å². The van der Waals surface area contributed by atoms with Crippen molar-refractivity contribution in [2.45, 2.75) is 18.4 Å². The van der Waals surface area contributed by atoms with Gasteiger partial charge in [0, 0.05) is 6.20 Å². The van der Waals surface area contributed by atoms with Crippen LogP contribution in [-0.2, 0) is 21.3 Å². The molecule has 0 radical (unpaired) electrons. The molecular weight excluding hydrogens is 323 g/mol. The second-order valence-electron chi connectivity index (χ2n) is 5.00. The van der Waals surface area contributed by atoms with Crippen LogP contribution in [0.25, 0.3) is 5.69 Å². The van der Waals surface area contributed by atoms with E-state index in [2.05, 4.69) is 15.2 Å². The molecule has 0 aliphatic heterocycles. The van der Waals surface area contributed by atoms with Gasteiger partial charge in [0.05, 0.1) is 17.1 Å². The molecule has 1 aromatic carbocycles. The Morgan fingerprint density at radius 2 is 2.09 bits per heavy atom. The first-order valence-corrected chi connectivity index (χ1v) is 8.53. The molecule has 0 amide bonds. The minimum absolute atomic E-state index is 0.0482. The summed E-state index contributed by atoms with van der Waals surface area (Å²) in [5.41, 5.74) is 0.867. The number of sulfone groups is 1. The second-order valence-corrected chi connectivity index (χ2v) is 7.06. The Labute approximate surface area is 131 Å². The number of rotatable bonds is 5. The van der Waals surface area contributed by atoms with Crippen LogP contribution < -0.4 is 0 Å². The summed E-state index contributed by atoms with van der Waals surface area (Å²) in [6, 6.07) is 7.44. The van der Waals surface area contributed by atoms with E-state index in [0.29, 0.717) is 17.2 Å². The first-order valence-electron chi connectivity index (χ1n) is 6.71. The summed E-state index contributed by atoms with van der Waals surface area (Å²) in [5.74, 6) is -0.575. The highest BCUT2D eigenvalue weighted by Gasteiger charge is 2.19. The maximum Gasteiger partial charge on any atom is 0.241 e. The van der Waals surface area contributed by atoms with Crippen LogP contribution in [0.15, 0.2) is 41.1 Å². The summed E-state index contributed by atoms with van der Waals surface area (Å²) in [6.07, 6.45) is 1.58. The van der Waals surface area contributed by atoms with E-state index in [1.54, 1.807) is 31.3 Å². The van der Waals surface area contributed by atoms with Crippen molar-refractivity contribution in [3.63, 3.8) is 0 Å². The van der Waals surface area contributed by atoms with Crippen LogP contribution in [0, 0.1) is 12.7 Å². The topological polar surface area (TPSA) is 90.9 Å². The van der Waals surface area contributed by atoms with Crippen molar-refractivity contribution in [2.75, 3.05) is 0 Å². The monoisotopic (exact) mass is 336 g/mol. The number of hydrogen-bond acceptors (Lipinski definition) is 6. The Kier molecular flexibility index (Phi) is 3.95. The van der Waals surface area contributed by atoms with Crippen molar-refractivity contribution in [3.05, 3.63) is 59.8 Å². The van der Waals surface area contributed by atoms with Crippen LogP contribution in [0.1, 0.15) is 17.4 Å². The van der Waals surface area contributed by atoms with Gasteiger partial charge in [-0.05, 0) is 31.2 Å². The molecule has 2 aromatic heterocycles. The van der Waals surface area contributed by atoms with E-state index in [-0.39, 0.29) is 23.2 Å². The van der Waals surface area contributed by atoms with Gasteiger partial charge < -0.3 is 4.52 Å². The molecule has 0 saturated carbocycles. The summed E-state index contributed by atoms with van der Waals surface area (Å²) in [6.45, 7) is 1.61. The summed E-state index contributed by atoms with van der Waals surface area (Å²) in [4.78, 5) is 3.88. The van der Waals surface area contributed by atoms with Crippen LogP contribution in [0.5, 0.6) is 0 Å². The number of benzene rings is 1. The Morgan fingerprint density at radius 3 is 2.78 bits per heavy atom. The fraction of sp³-hybridized carbons (Fsp3) is 0.214. The highest BCUT2D eigenvalue weighted by Crippen LogP contribution is 2.13. The minimum Gasteiger partial charge on any atom is -0.338 e. The summed E-state index contributed by atoms with van der Waals surface area (Å²) >= 11 is 0. The minimum atomic E-state index is -3.50. The smallest absolute Gasteiger partial charge is 0.241 e. The number of halogens is 1. The van der Waals surface area contributed by atoms with Crippen LogP contribution in [0.3, 0.4) is 0 Å². The Bertz CT molecular complexity index is 933. The molecule has 0 N–H and O–H groups in total. The first-order chi connectivity index (χ1) is 10.9. The zero-order valence-corrected chi connectivity index (χ0v) is 13.0. The highest BCUT2D eigenvalue weighted by atomic mass is 32.2. The van der Waals surface area contributed by atoms with Crippen molar-refractivity contribution in [1.82, 2.24) is 19.9 Å². The SMILES string of the molecule is Cc1noc(CS(=O)(=O)Cc2ccn(-c3cccc(F)c3)n2)n1. The summed E-state index contributed by atoms with van der Waals surface area (Å²) < 4.78 is 43.7. The third-order valence-electron chi connectivity index (χ3n) is 3.00. The predicted octanol–water partition coefficient (Wildman–Crippen LogP) is 1.82. The van der Waals surface area contributed by atoms with Crippen molar-refractivity contribution in [3.8, 4) is 5.69 Å². The average molecular weight is 336 g/mol. The van der Waals surface area contributed by atoms with Crippen molar-refractivity contribution in [1.29, 1.82) is 0 Å². The van der Waals surface area contributed by atoms with Gasteiger partial charge in [-0.3, -0.25) is 0 Å². The van der Waals surface area contributed by atoms with Gasteiger partial charge in [0.2, 0.25) is 5.89 Å². The number of aromatic nitrogens is 4. The van der Waals surface area contributed by atoms with Gasteiger partial charge in [-0.1, -0.05) is 11.2 Å². The molecule has 0 bridgehead atoms. The summed E-state index contributed by atoms with van der Waals surface area (Å²) in [5, 5.41) is 7.71. The molecule has 120 valence electrons. The highest BCUT2D eigenvalue weighted by molar-refractivity contribution is 7.89. The maximum absolute atomic E-state index is 13.2. The first kappa shape index (κ1) is 15.3. The molecule has 3 aromatic rings. The molecule has 9 heteroatoms. The lowest BCUT2D eigenvalue weighted by Crippen LogP contribution is -2.09. The van der Waals surface area contributed by atoms with Crippen LogP contribution in [0.4, 0.5) is 4.39 Å². The van der Waals surface area contributed by atoms with E-state index in [4.69, 9.17) is 4.52 Å². The molecule has 0 saturated heterocycles. The Morgan fingerprint density at radius 1 is 1.26 bits per heavy atom. The van der Waals surface area contributed by atoms with Gasteiger partial charge in [0.1, 0.15) is 11.6 Å². The third kappa shape index (κ3) is 3.81. The fourth-order valence-electron chi connectivity index (χ4n) is 2.06. The standard InChI is InChI=1S/C14H13FN4O3S/c1-10-16-14(22-18-10)9-23(20,21)8-12-5-6-19(17-12)13-4-2-3-11(15)7-13/h2-7H,8-9H2,1H3.